The van der Waals surface area contributed by atoms with Crippen molar-refractivity contribution in [1.29, 1.82) is 0 Å². The lowest BCUT2D eigenvalue weighted by atomic mass is 10.1. The highest BCUT2D eigenvalue weighted by Crippen LogP contribution is 2.17. The van der Waals surface area contributed by atoms with Crippen molar-refractivity contribution in [3.05, 3.63) is 47.5 Å². The van der Waals surface area contributed by atoms with Crippen molar-refractivity contribution in [3.8, 4) is 0 Å². The fourth-order valence-corrected chi connectivity index (χ4v) is 3.89. The average Bonchev–Trinajstić information content (AvgIpc) is 3.31. The summed E-state index contributed by atoms with van der Waals surface area (Å²) in [5.74, 6) is -5.61. The minimum atomic E-state index is -0.935. The van der Waals surface area contributed by atoms with E-state index in [0.717, 1.165) is 17.1 Å². The largest absolute Gasteiger partial charge is 0.456 e. The van der Waals surface area contributed by atoms with E-state index in [1.807, 2.05) is 0 Å². The summed E-state index contributed by atoms with van der Waals surface area (Å²) in [6.45, 7) is 2.79. The summed E-state index contributed by atoms with van der Waals surface area (Å²) in [4.78, 5) is 108. The summed E-state index contributed by atoms with van der Waals surface area (Å²) in [5, 5.41) is 8.61. The lowest BCUT2D eigenvalue weighted by Crippen LogP contribution is -2.43. The molecule has 0 fully saturated rings. The fraction of sp³-hybridized carbons (Fsp3) is 0.393. The highest BCUT2D eigenvalue weighted by Gasteiger charge is 2.23. The van der Waals surface area contributed by atoms with E-state index >= 15 is 0 Å². The molecule has 17 heteroatoms. The van der Waals surface area contributed by atoms with Crippen molar-refractivity contribution in [3.63, 3.8) is 0 Å². The Hall–Kier alpha value is -5.06. The molecule has 0 bridgehead atoms. The number of hydrogen-bond donors (Lipinski definition) is 4. The molecule has 242 valence electrons. The minimum Gasteiger partial charge on any atom is -0.456 e. The third-order valence-electron chi connectivity index (χ3n) is 5.31. The predicted molar refractivity (Wildman–Crippen MR) is 157 cm³/mol. The normalized spacial score (nSPS) is 12.3. The van der Waals surface area contributed by atoms with Crippen LogP contribution in [-0.2, 0) is 43.0 Å². The van der Waals surface area contributed by atoms with Crippen LogP contribution in [0.2, 0.25) is 0 Å². The van der Waals surface area contributed by atoms with Gasteiger partial charge in [-0.15, -0.1) is 0 Å². The van der Waals surface area contributed by atoms with Crippen LogP contribution in [0.15, 0.2) is 36.4 Å². The highest BCUT2D eigenvalue weighted by molar-refractivity contribution is 8.14. The molecular weight excluding hydrogens is 614 g/mol. The summed E-state index contributed by atoms with van der Waals surface area (Å²) >= 11 is 0.669. The first kappa shape index (κ1) is 36.1. The molecule has 2 rings (SSSR count). The van der Waals surface area contributed by atoms with Gasteiger partial charge in [0, 0.05) is 30.8 Å². The molecule has 1 aromatic carbocycles. The molecule has 0 radical (unpaired) electrons. The lowest BCUT2D eigenvalue weighted by Gasteiger charge is -2.19. The van der Waals surface area contributed by atoms with Gasteiger partial charge in [-0.05, 0) is 32.9 Å². The van der Waals surface area contributed by atoms with Gasteiger partial charge in [-0.2, -0.15) is 0 Å². The fourth-order valence-electron chi connectivity index (χ4n) is 3.24. The molecule has 0 spiro atoms. The van der Waals surface area contributed by atoms with Crippen molar-refractivity contribution in [2.24, 2.45) is 0 Å². The molecule has 6 amide bonds. The number of ether oxygens (including phenoxy) is 2. The van der Waals surface area contributed by atoms with E-state index in [-0.39, 0.29) is 30.0 Å². The summed E-state index contributed by atoms with van der Waals surface area (Å²) in [6.07, 6.45) is 2.21. The van der Waals surface area contributed by atoms with Crippen molar-refractivity contribution >= 4 is 64.3 Å². The summed E-state index contributed by atoms with van der Waals surface area (Å²) in [6, 6.07) is 5.87. The maximum Gasteiger partial charge on any atom is 0.338 e. The Bertz CT molecular complexity index is 1370. The number of amides is 6. The first-order chi connectivity index (χ1) is 21.1. The van der Waals surface area contributed by atoms with E-state index in [1.54, 1.807) is 20.8 Å². The molecule has 0 aromatic heterocycles. The molecule has 16 nitrogen and oxygen atoms in total. The first-order valence-electron chi connectivity index (χ1n) is 13.4. The maximum atomic E-state index is 12.4. The zero-order valence-electron chi connectivity index (χ0n) is 24.8. The number of nitrogens with one attached hydrogen (secondary N) is 4. The highest BCUT2D eigenvalue weighted by atomic mass is 32.2. The van der Waals surface area contributed by atoms with Gasteiger partial charge in [-0.3, -0.25) is 43.3 Å². The van der Waals surface area contributed by atoms with E-state index in [9.17, 15) is 43.2 Å². The molecule has 0 unspecified atom stereocenters. The van der Waals surface area contributed by atoms with Gasteiger partial charge in [0.05, 0.1) is 24.4 Å². The Labute approximate surface area is 262 Å². The molecular formula is C28H33N5O11S. The lowest BCUT2D eigenvalue weighted by molar-refractivity contribution is -0.148. The molecule has 1 aliphatic heterocycles. The van der Waals surface area contributed by atoms with Gasteiger partial charge in [0.2, 0.25) is 22.8 Å². The maximum absolute atomic E-state index is 12.4. The number of rotatable bonds is 15. The quantitative estimate of drug-likeness (QED) is 0.125. The van der Waals surface area contributed by atoms with Crippen LogP contribution in [0.5, 0.6) is 0 Å². The van der Waals surface area contributed by atoms with Gasteiger partial charge in [0.25, 0.3) is 17.7 Å². The third-order valence-corrected chi connectivity index (χ3v) is 6.22. The topological polar surface area (TPSA) is 223 Å². The van der Waals surface area contributed by atoms with Crippen LogP contribution in [0.1, 0.15) is 41.5 Å². The van der Waals surface area contributed by atoms with Crippen LogP contribution in [0.25, 0.3) is 0 Å². The summed E-state index contributed by atoms with van der Waals surface area (Å²) in [7, 11) is 0. The summed E-state index contributed by atoms with van der Waals surface area (Å²) < 4.78 is 9.98. The van der Waals surface area contributed by atoms with Crippen LogP contribution in [0.4, 0.5) is 0 Å². The van der Waals surface area contributed by atoms with Gasteiger partial charge in [-0.25, -0.2) is 4.79 Å². The zero-order chi connectivity index (χ0) is 33.6. The number of nitrogens with zero attached hydrogens (tertiary/aromatic N) is 1. The van der Waals surface area contributed by atoms with E-state index in [4.69, 9.17) is 9.47 Å². The number of thioether (sulfide) groups is 1. The first-order valence-corrected chi connectivity index (χ1v) is 14.4. The van der Waals surface area contributed by atoms with Gasteiger partial charge < -0.3 is 30.7 Å². The van der Waals surface area contributed by atoms with Gasteiger partial charge in [0.1, 0.15) is 12.1 Å². The van der Waals surface area contributed by atoms with E-state index < -0.39 is 84.3 Å². The summed E-state index contributed by atoms with van der Waals surface area (Å²) in [5.41, 5.74) is -0.336. The van der Waals surface area contributed by atoms with E-state index in [1.165, 1.54) is 24.3 Å². The number of esters is 2. The van der Waals surface area contributed by atoms with E-state index in [0.29, 0.717) is 11.8 Å². The number of hydrogen-bond acceptors (Lipinski definition) is 12. The van der Waals surface area contributed by atoms with Gasteiger partial charge in [-0.1, -0.05) is 23.9 Å². The molecule has 0 aliphatic carbocycles. The Balaban J connectivity index is 1.57. The van der Waals surface area contributed by atoms with Crippen LogP contribution in [-0.4, -0.2) is 108 Å². The molecule has 1 aliphatic rings. The van der Waals surface area contributed by atoms with Gasteiger partial charge >= 0.3 is 11.9 Å². The molecule has 0 saturated heterocycles. The Morgan fingerprint density at radius 2 is 1.36 bits per heavy atom. The second kappa shape index (κ2) is 17.3. The van der Waals surface area contributed by atoms with Crippen molar-refractivity contribution in [2.75, 3.05) is 45.1 Å². The smallest absolute Gasteiger partial charge is 0.338 e. The number of benzene rings is 1. The van der Waals surface area contributed by atoms with Crippen molar-refractivity contribution < 1.29 is 52.6 Å². The minimum absolute atomic E-state index is 0.0464. The number of imide groups is 1. The zero-order valence-corrected chi connectivity index (χ0v) is 25.6. The molecule has 0 saturated carbocycles. The van der Waals surface area contributed by atoms with Crippen molar-refractivity contribution in [1.82, 2.24) is 26.2 Å². The SMILES string of the molecule is CC(C)(C)OC(=O)c1cccc(C(=O)SCC(=O)NCC(=O)NCC(=O)NCC(=O)OCC(=O)NCCN2C(=O)C=CC2=O)c1. The average molecular weight is 648 g/mol. The molecule has 1 aromatic rings. The van der Waals surface area contributed by atoms with Crippen LogP contribution >= 0.6 is 11.8 Å². The number of carbonyl (C=O) groups is 9. The standard InChI is InChI=1S/C28H33N5O11S/c1-28(2,3)44-26(41)17-5-4-6-18(11-17)27(42)45-16-22(37)31-13-19(34)30-12-20(35)32-14-25(40)43-15-21(36)29-9-10-33-23(38)7-8-24(33)39/h4-8,11H,9-10,12-16H2,1-3H3,(H,29,36)(H,30,34)(H,31,37)(H,32,35). The monoisotopic (exact) mass is 647 g/mol. The van der Waals surface area contributed by atoms with E-state index in [2.05, 4.69) is 21.3 Å². The Morgan fingerprint density at radius 3 is 1.98 bits per heavy atom. The predicted octanol–water partition coefficient (Wildman–Crippen LogP) is -1.55. The number of carbonyl (C=O) groups excluding carboxylic acids is 9. The molecule has 4 N–H and O–H groups in total. The second-order valence-electron chi connectivity index (χ2n) is 10.2. The molecule has 1 heterocycles. The van der Waals surface area contributed by atoms with Crippen LogP contribution in [0, 0.1) is 0 Å². The van der Waals surface area contributed by atoms with Gasteiger partial charge in [0.15, 0.2) is 6.61 Å². The molecule has 0 atom stereocenters. The Morgan fingerprint density at radius 1 is 0.778 bits per heavy atom. The third kappa shape index (κ3) is 13.8. The molecule has 45 heavy (non-hydrogen) atoms. The second-order valence-corrected chi connectivity index (χ2v) is 11.1. The van der Waals surface area contributed by atoms with Crippen LogP contribution in [0.3, 0.4) is 0 Å². The van der Waals surface area contributed by atoms with Crippen molar-refractivity contribution in [2.45, 2.75) is 26.4 Å². The van der Waals surface area contributed by atoms with Crippen LogP contribution < -0.4 is 21.3 Å². The Kier molecular flexibility index (Phi) is 13.9.